The quantitative estimate of drug-likeness (QED) is 0.784. The number of hydrogen-bond donors (Lipinski definition) is 0. The molecule has 0 radical (unpaired) electrons. The Hall–Kier alpha value is -2.05. The van der Waals surface area contributed by atoms with Gasteiger partial charge in [-0.25, -0.2) is 9.69 Å². The molecule has 1 unspecified atom stereocenters. The molecule has 1 aliphatic rings. The summed E-state index contributed by atoms with van der Waals surface area (Å²) in [5.41, 5.74) is 0. The van der Waals surface area contributed by atoms with Gasteiger partial charge in [0.15, 0.2) is 5.82 Å². The van der Waals surface area contributed by atoms with E-state index in [2.05, 4.69) is 19.0 Å². The number of hydrogen-bond acceptors (Lipinski definition) is 5. The molecule has 0 bridgehead atoms. The number of carbonyl (C=O) groups is 2. The van der Waals surface area contributed by atoms with Crippen molar-refractivity contribution < 1.29 is 18.8 Å². The summed E-state index contributed by atoms with van der Waals surface area (Å²) in [4.78, 5) is 26.0. The molecule has 20 heavy (non-hydrogen) atoms. The van der Waals surface area contributed by atoms with Crippen molar-refractivity contribution in [3.8, 4) is 0 Å². The van der Waals surface area contributed by atoms with Crippen LogP contribution in [0.3, 0.4) is 0 Å². The maximum absolute atomic E-state index is 12.1. The first-order chi connectivity index (χ1) is 9.38. The van der Waals surface area contributed by atoms with Crippen LogP contribution >= 0.6 is 0 Å². The third-order valence-electron chi connectivity index (χ3n) is 2.96. The summed E-state index contributed by atoms with van der Waals surface area (Å²) in [6.45, 7) is 5.76. The minimum atomic E-state index is -0.665. The van der Waals surface area contributed by atoms with E-state index in [0.29, 0.717) is 24.0 Å². The minimum absolute atomic E-state index is 0.263. The van der Waals surface area contributed by atoms with Crippen LogP contribution in [0.4, 0.5) is 10.6 Å². The van der Waals surface area contributed by atoms with Crippen LogP contribution in [0, 0.1) is 5.92 Å². The largest absolute Gasteiger partial charge is 0.439 e. The van der Waals surface area contributed by atoms with Gasteiger partial charge in [-0.1, -0.05) is 19.0 Å². The molecular formula is C13H19N3O4. The highest BCUT2D eigenvalue weighted by molar-refractivity contribution is 5.93. The monoisotopic (exact) mass is 281 g/mol. The molecular weight excluding hydrogens is 262 g/mol. The fraction of sp³-hybridized carbons (Fsp3) is 0.615. The van der Waals surface area contributed by atoms with E-state index in [9.17, 15) is 9.59 Å². The summed E-state index contributed by atoms with van der Waals surface area (Å²) < 4.78 is 10.4. The predicted molar refractivity (Wildman–Crippen MR) is 71.1 cm³/mol. The molecule has 0 spiro atoms. The van der Waals surface area contributed by atoms with Crippen LogP contribution in [-0.4, -0.2) is 41.9 Å². The molecule has 0 aliphatic carbocycles. The molecule has 1 aromatic rings. The van der Waals surface area contributed by atoms with Gasteiger partial charge in [-0.3, -0.25) is 4.79 Å². The summed E-state index contributed by atoms with van der Waals surface area (Å²) in [7, 11) is 1.65. The second-order valence-corrected chi connectivity index (χ2v) is 5.35. The fourth-order valence-electron chi connectivity index (χ4n) is 2.14. The number of ether oxygens (including phenoxy) is 1. The smallest absolute Gasteiger partial charge is 0.328 e. The number of esters is 1. The normalized spacial score (nSPS) is 19.1. The zero-order valence-electron chi connectivity index (χ0n) is 12.1. The van der Waals surface area contributed by atoms with Crippen molar-refractivity contribution in [1.29, 1.82) is 0 Å². The molecule has 1 aliphatic heterocycles. The van der Waals surface area contributed by atoms with Crippen molar-refractivity contribution in [3.05, 3.63) is 11.8 Å². The first-order valence-corrected chi connectivity index (χ1v) is 6.55. The zero-order chi connectivity index (χ0) is 14.9. The van der Waals surface area contributed by atoms with E-state index >= 15 is 0 Å². The van der Waals surface area contributed by atoms with Gasteiger partial charge in [0.25, 0.3) is 0 Å². The molecule has 1 aromatic heterocycles. The Morgan fingerprint density at radius 2 is 2.30 bits per heavy atom. The molecule has 0 saturated carbocycles. The lowest BCUT2D eigenvalue weighted by molar-refractivity contribution is -0.145. The summed E-state index contributed by atoms with van der Waals surface area (Å²) in [5, 5.41) is 3.91. The lowest BCUT2D eigenvalue weighted by Gasteiger charge is -2.19. The van der Waals surface area contributed by atoms with E-state index in [4.69, 9.17) is 9.26 Å². The van der Waals surface area contributed by atoms with Crippen LogP contribution < -0.4 is 4.90 Å². The predicted octanol–water partition coefficient (Wildman–Crippen LogP) is 1.63. The lowest BCUT2D eigenvalue weighted by Crippen LogP contribution is -2.37. The van der Waals surface area contributed by atoms with Gasteiger partial charge in [-0.05, 0) is 5.92 Å². The molecule has 1 saturated heterocycles. The minimum Gasteiger partial charge on any atom is -0.439 e. The molecule has 110 valence electrons. The molecule has 7 nitrogen and oxygen atoms in total. The molecule has 2 rings (SSSR count). The van der Waals surface area contributed by atoms with Crippen molar-refractivity contribution in [3.63, 3.8) is 0 Å². The topological polar surface area (TPSA) is 75.9 Å². The average Bonchev–Trinajstić information content (AvgIpc) is 2.84. The highest BCUT2D eigenvalue weighted by Gasteiger charge is 2.40. The highest BCUT2D eigenvalue weighted by Crippen LogP contribution is 2.25. The Balaban J connectivity index is 2.21. The fourth-order valence-corrected chi connectivity index (χ4v) is 2.14. The second kappa shape index (κ2) is 5.52. The molecule has 1 atom stereocenters. The Labute approximate surface area is 117 Å². The summed E-state index contributed by atoms with van der Waals surface area (Å²) in [6, 6.07) is 1.45. The first-order valence-electron chi connectivity index (χ1n) is 6.55. The van der Waals surface area contributed by atoms with Crippen molar-refractivity contribution in [1.82, 2.24) is 10.1 Å². The van der Waals surface area contributed by atoms with Gasteiger partial charge in [-0.2, -0.15) is 0 Å². The Bertz CT molecular complexity index is 511. The highest BCUT2D eigenvalue weighted by atomic mass is 16.6. The Morgan fingerprint density at radius 1 is 1.60 bits per heavy atom. The van der Waals surface area contributed by atoms with E-state index in [0.717, 1.165) is 6.42 Å². The Kier molecular flexibility index (Phi) is 3.96. The van der Waals surface area contributed by atoms with Crippen LogP contribution in [0.1, 0.15) is 26.5 Å². The average molecular weight is 281 g/mol. The van der Waals surface area contributed by atoms with Gasteiger partial charge >= 0.3 is 12.0 Å². The Morgan fingerprint density at radius 3 is 2.90 bits per heavy atom. The summed E-state index contributed by atoms with van der Waals surface area (Å²) in [6.07, 6.45) is 0.0744. The van der Waals surface area contributed by atoms with Crippen molar-refractivity contribution >= 4 is 17.8 Å². The molecule has 0 aromatic carbocycles. The van der Waals surface area contributed by atoms with E-state index < -0.39 is 12.2 Å². The van der Waals surface area contributed by atoms with Gasteiger partial charge in [0.2, 0.25) is 6.23 Å². The van der Waals surface area contributed by atoms with E-state index in [1.807, 2.05) is 0 Å². The van der Waals surface area contributed by atoms with Gasteiger partial charge in [-0.15, -0.1) is 0 Å². The standard InChI is InChI=1S/C13H19N3O4/c1-8(2)5-10-6-11(14-20-10)16-12(19-9(3)17)7-15(4)13(16)18/h6,8,12H,5,7H2,1-4H3. The van der Waals surface area contributed by atoms with Gasteiger partial charge in [0.05, 0.1) is 6.54 Å². The number of rotatable bonds is 4. The van der Waals surface area contributed by atoms with Crippen molar-refractivity contribution in [2.24, 2.45) is 5.92 Å². The van der Waals surface area contributed by atoms with E-state index in [1.165, 1.54) is 16.7 Å². The van der Waals surface area contributed by atoms with E-state index in [1.54, 1.807) is 13.1 Å². The van der Waals surface area contributed by atoms with Crippen molar-refractivity contribution in [2.75, 3.05) is 18.5 Å². The molecule has 7 heteroatoms. The van der Waals surface area contributed by atoms with Crippen LogP contribution in [0.5, 0.6) is 0 Å². The third-order valence-corrected chi connectivity index (χ3v) is 2.96. The summed E-state index contributed by atoms with van der Waals surface area (Å²) in [5.74, 6) is 1.08. The van der Waals surface area contributed by atoms with Crippen LogP contribution in [0.25, 0.3) is 0 Å². The van der Waals surface area contributed by atoms with Gasteiger partial charge in [0, 0.05) is 26.5 Å². The van der Waals surface area contributed by atoms with Crippen LogP contribution in [0.2, 0.25) is 0 Å². The number of urea groups is 1. The number of nitrogens with zero attached hydrogens (tertiary/aromatic N) is 3. The third kappa shape index (κ3) is 2.92. The maximum atomic E-state index is 12.1. The second-order valence-electron chi connectivity index (χ2n) is 5.35. The van der Waals surface area contributed by atoms with Gasteiger partial charge < -0.3 is 14.2 Å². The van der Waals surface area contributed by atoms with Crippen LogP contribution in [-0.2, 0) is 16.0 Å². The van der Waals surface area contributed by atoms with Crippen LogP contribution in [0.15, 0.2) is 10.6 Å². The number of likely N-dealkylation sites (N-methyl/N-ethyl adjacent to an activating group) is 1. The number of amides is 2. The molecule has 2 heterocycles. The molecule has 0 N–H and O–H groups in total. The SMILES string of the molecule is CC(=O)OC1CN(C)C(=O)N1c1cc(CC(C)C)on1. The number of carbonyl (C=O) groups excluding carboxylic acids is 2. The van der Waals surface area contributed by atoms with Gasteiger partial charge in [0.1, 0.15) is 5.76 Å². The van der Waals surface area contributed by atoms with E-state index in [-0.39, 0.29) is 6.03 Å². The zero-order valence-corrected chi connectivity index (χ0v) is 12.1. The first kappa shape index (κ1) is 14.4. The maximum Gasteiger partial charge on any atom is 0.328 e. The number of anilines is 1. The summed E-state index contributed by atoms with van der Waals surface area (Å²) >= 11 is 0. The van der Waals surface area contributed by atoms with Crippen molar-refractivity contribution in [2.45, 2.75) is 33.4 Å². The molecule has 2 amide bonds. The number of aromatic nitrogens is 1. The lowest BCUT2D eigenvalue weighted by atomic mass is 10.1. The molecule has 1 fully saturated rings.